The topological polar surface area (TPSA) is 76.3 Å². The molecule has 1 fully saturated rings. The SMILES string of the molecule is O=C(/C=C\c1ccccc1[N+](=O)[O-])N1CCC[C@H]1c1nc2ccccc2s1. The molecule has 1 saturated heterocycles. The number of nitro benzene ring substituents is 1. The highest BCUT2D eigenvalue weighted by Gasteiger charge is 2.31. The largest absolute Gasteiger partial charge is 0.330 e. The van der Waals surface area contributed by atoms with Crippen LogP contribution in [-0.2, 0) is 4.79 Å². The number of carbonyl (C=O) groups is 1. The van der Waals surface area contributed by atoms with Gasteiger partial charge in [0.25, 0.3) is 5.69 Å². The quantitative estimate of drug-likeness (QED) is 0.378. The van der Waals surface area contributed by atoms with Gasteiger partial charge in [0.15, 0.2) is 0 Å². The van der Waals surface area contributed by atoms with E-state index in [0.29, 0.717) is 12.1 Å². The van der Waals surface area contributed by atoms with Crippen LogP contribution in [0, 0.1) is 10.1 Å². The summed E-state index contributed by atoms with van der Waals surface area (Å²) in [6, 6.07) is 14.3. The Morgan fingerprint density at radius 2 is 2.00 bits per heavy atom. The van der Waals surface area contributed by atoms with E-state index < -0.39 is 4.92 Å². The van der Waals surface area contributed by atoms with Gasteiger partial charge in [0.05, 0.1) is 26.7 Å². The van der Waals surface area contributed by atoms with Crippen molar-refractivity contribution in [2.24, 2.45) is 0 Å². The predicted molar refractivity (Wildman–Crippen MR) is 105 cm³/mol. The lowest BCUT2D eigenvalue weighted by atomic mass is 10.1. The van der Waals surface area contributed by atoms with Crippen molar-refractivity contribution in [2.45, 2.75) is 18.9 Å². The summed E-state index contributed by atoms with van der Waals surface area (Å²) in [5, 5.41) is 12.1. The van der Waals surface area contributed by atoms with Crippen LogP contribution in [-0.4, -0.2) is 27.3 Å². The molecular weight excluding hydrogens is 362 g/mol. The van der Waals surface area contributed by atoms with Crippen molar-refractivity contribution >= 4 is 39.2 Å². The number of hydrogen-bond acceptors (Lipinski definition) is 5. The maximum atomic E-state index is 12.7. The van der Waals surface area contributed by atoms with Crippen molar-refractivity contribution in [1.29, 1.82) is 0 Å². The Balaban J connectivity index is 1.57. The number of thiazole rings is 1. The molecule has 2 heterocycles. The molecule has 1 aromatic heterocycles. The molecule has 0 aliphatic carbocycles. The van der Waals surface area contributed by atoms with Gasteiger partial charge in [-0.1, -0.05) is 24.3 Å². The van der Waals surface area contributed by atoms with Gasteiger partial charge in [-0.3, -0.25) is 14.9 Å². The summed E-state index contributed by atoms with van der Waals surface area (Å²) >= 11 is 1.62. The van der Waals surface area contributed by atoms with Crippen molar-refractivity contribution in [3.05, 3.63) is 75.3 Å². The third kappa shape index (κ3) is 3.46. The van der Waals surface area contributed by atoms with Gasteiger partial charge in [0.1, 0.15) is 5.01 Å². The van der Waals surface area contributed by atoms with E-state index in [-0.39, 0.29) is 17.6 Å². The number of amides is 1. The second-order valence-corrected chi connectivity index (χ2v) is 7.42. The second kappa shape index (κ2) is 7.28. The number of hydrogen-bond donors (Lipinski definition) is 0. The maximum absolute atomic E-state index is 12.7. The van der Waals surface area contributed by atoms with Gasteiger partial charge in [-0.15, -0.1) is 11.3 Å². The number of aromatic nitrogens is 1. The number of nitrogens with zero attached hydrogens (tertiary/aromatic N) is 3. The molecule has 0 radical (unpaired) electrons. The van der Waals surface area contributed by atoms with Crippen LogP contribution in [0.15, 0.2) is 54.6 Å². The minimum atomic E-state index is -0.441. The molecule has 0 bridgehead atoms. The molecule has 2 aromatic carbocycles. The van der Waals surface area contributed by atoms with Crippen molar-refractivity contribution in [3.8, 4) is 0 Å². The fraction of sp³-hybridized carbons (Fsp3) is 0.200. The van der Waals surface area contributed by atoms with Gasteiger partial charge in [-0.2, -0.15) is 0 Å². The molecule has 1 aliphatic rings. The lowest BCUT2D eigenvalue weighted by molar-refractivity contribution is -0.385. The summed E-state index contributed by atoms with van der Waals surface area (Å²) < 4.78 is 1.11. The zero-order valence-electron chi connectivity index (χ0n) is 14.4. The third-order valence-electron chi connectivity index (χ3n) is 4.67. The van der Waals surface area contributed by atoms with E-state index in [1.54, 1.807) is 29.5 Å². The number of fused-ring (bicyclic) bond motifs is 1. The van der Waals surface area contributed by atoms with Crippen molar-refractivity contribution in [3.63, 3.8) is 0 Å². The first-order valence-corrected chi connectivity index (χ1v) is 9.53. The van der Waals surface area contributed by atoms with E-state index in [1.165, 1.54) is 18.2 Å². The van der Waals surface area contributed by atoms with Gasteiger partial charge in [0, 0.05) is 18.7 Å². The first kappa shape index (κ1) is 17.4. The lowest BCUT2D eigenvalue weighted by Gasteiger charge is -2.21. The van der Waals surface area contributed by atoms with E-state index in [0.717, 1.165) is 28.1 Å². The number of rotatable bonds is 4. The minimum absolute atomic E-state index is 0.00862. The summed E-state index contributed by atoms with van der Waals surface area (Å²) in [5.74, 6) is -0.144. The van der Waals surface area contributed by atoms with Crippen molar-refractivity contribution < 1.29 is 9.72 Å². The van der Waals surface area contributed by atoms with Crippen LogP contribution in [0.4, 0.5) is 5.69 Å². The molecule has 7 heteroatoms. The monoisotopic (exact) mass is 379 g/mol. The fourth-order valence-corrected chi connectivity index (χ4v) is 4.49. The Bertz CT molecular complexity index is 1010. The minimum Gasteiger partial charge on any atom is -0.330 e. The number of benzene rings is 2. The molecule has 1 aliphatic heterocycles. The average Bonchev–Trinajstić information content (AvgIpc) is 3.32. The zero-order valence-corrected chi connectivity index (χ0v) is 15.3. The predicted octanol–water partition coefficient (Wildman–Crippen LogP) is 4.58. The van der Waals surface area contributed by atoms with Crippen molar-refractivity contribution in [1.82, 2.24) is 9.88 Å². The summed E-state index contributed by atoms with van der Waals surface area (Å²) in [5.41, 5.74) is 1.37. The van der Waals surface area contributed by atoms with E-state index >= 15 is 0 Å². The molecule has 3 aromatic rings. The molecule has 6 nitrogen and oxygen atoms in total. The third-order valence-corrected chi connectivity index (χ3v) is 5.81. The lowest BCUT2D eigenvalue weighted by Crippen LogP contribution is -2.28. The molecule has 0 unspecified atom stereocenters. The highest BCUT2D eigenvalue weighted by atomic mass is 32.1. The molecule has 0 N–H and O–H groups in total. The Hall–Kier alpha value is -3.06. The van der Waals surface area contributed by atoms with Gasteiger partial charge >= 0.3 is 0 Å². The van der Waals surface area contributed by atoms with Gasteiger partial charge in [-0.25, -0.2) is 4.98 Å². The summed E-state index contributed by atoms with van der Waals surface area (Å²) in [4.78, 5) is 29.9. The van der Waals surface area contributed by atoms with E-state index in [9.17, 15) is 14.9 Å². The van der Waals surface area contributed by atoms with Crippen LogP contribution < -0.4 is 0 Å². The summed E-state index contributed by atoms with van der Waals surface area (Å²) in [6.45, 7) is 0.667. The van der Waals surface area contributed by atoms with Crippen LogP contribution in [0.25, 0.3) is 16.3 Å². The highest BCUT2D eigenvalue weighted by molar-refractivity contribution is 7.18. The zero-order chi connectivity index (χ0) is 18.8. The van der Waals surface area contributed by atoms with Gasteiger partial charge in [-0.05, 0) is 37.1 Å². The Morgan fingerprint density at radius 1 is 1.22 bits per heavy atom. The number of likely N-dealkylation sites (tertiary alicyclic amines) is 1. The Morgan fingerprint density at radius 3 is 2.81 bits per heavy atom. The first-order chi connectivity index (χ1) is 13.1. The summed E-state index contributed by atoms with van der Waals surface area (Å²) in [6.07, 6.45) is 4.75. The number of carbonyl (C=O) groups excluding carboxylic acids is 1. The molecular formula is C20H17N3O3S. The first-order valence-electron chi connectivity index (χ1n) is 8.71. The van der Waals surface area contributed by atoms with E-state index in [4.69, 9.17) is 4.98 Å². The van der Waals surface area contributed by atoms with Gasteiger partial charge in [0.2, 0.25) is 5.91 Å². The van der Waals surface area contributed by atoms with E-state index in [2.05, 4.69) is 0 Å². The molecule has 4 rings (SSSR count). The molecule has 0 saturated carbocycles. The van der Waals surface area contributed by atoms with Crippen LogP contribution in [0.3, 0.4) is 0 Å². The number of para-hydroxylation sites is 2. The van der Waals surface area contributed by atoms with E-state index in [1.807, 2.05) is 29.2 Å². The van der Waals surface area contributed by atoms with Crippen LogP contribution >= 0.6 is 11.3 Å². The Kier molecular flexibility index (Phi) is 4.68. The smallest absolute Gasteiger partial charge is 0.276 e. The molecule has 1 atom stereocenters. The molecule has 136 valence electrons. The summed E-state index contributed by atoms with van der Waals surface area (Å²) in [7, 11) is 0. The van der Waals surface area contributed by atoms with Crippen molar-refractivity contribution in [2.75, 3.05) is 6.54 Å². The van der Waals surface area contributed by atoms with Crippen LogP contribution in [0.5, 0.6) is 0 Å². The molecule has 1 amide bonds. The average molecular weight is 379 g/mol. The van der Waals surface area contributed by atoms with Crippen LogP contribution in [0.1, 0.15) is 29.5 Å². The van der Waals surface area contributed by atoms with Gasteiger partial charge < -0.3 is 4.90 Å². The normalized spacial score (nSPS) is 17.0. The Labute approximate surface area is 159 Å². The molecule has 0 spiro atoms. The maximum Gasteiger partial charge on any atom is 0.276 e. The fourth-order valence-electron chi connectivity index (χ4n) is 3.37. The molecule has 27 heavy (non-hydrogen) atoms. The number of nitro groups is 1. The standard InChI is InChI=1S/C20H17N3O3S/c24-19(12-11-14-6-1-3-8-16(14)23(25)26)22-13-5-9-17(22)20-21-15-7-2-4-10-18(15)27-20/h1-4,6-8,10-12,17H,5,9,13H2/b12-11-/t17-/m0/s1. The second-order valence-electron chi connectivity index (χ2n) is 6.36. The highest BCUT2D eigenvalue weighted by Crippen LogP contribution is 2.36. The van der Waals surface area contributed by atoms with Crippen LogP contribution in [0.2, 0.25) is 0 Å².